The van der Waals surface area contributed by atoms with Crippen LogP contribution in [-0.4, -0.2) is 72.8 Å². The third-order valence-corrected chi connectivity index (χ3v) is 5.26. The number of hydrogen-bond donors (Lipinski definition) is 1. The molecule has 1 fully saturated rings. The lowest BCUT2D eigenvalue weighted by atomic mass is 9.89. The van der Waals surface area contributed by atoms with Gasteiger partial charge in [-0.2, -0.15) is 0 Å². The Morgan fingerprint density at radius 3 is 2.65 bits per heavy atom. The van der Waals surface area contributed by atoms with Gasteiger partial charge in [0.2, 0.25) is 0 Å². The van der Waals surface area contributed by atoms with Gasteiger partial charge < -0.3 is 24.2 Å². The van der Waals surface area contributed by atoms with Crippen LogP contribution >= 0.6 is 0 Å². The van der Waals surface area contributed by atoms with Gasteiger partial charge in [-0.1, -0.05) is 0 Å². The molecule has 26 heavy (non-hydrogen) atoms. The fraction of sp³-hybridized carbons (Fsp3) is 0.550. The molecule has 1 amide bonds. The lowest BCUT2D eigenvalue weighted by molar-refractivity contribution is 0.0470. The van der Waals surface area contributed by atoms with Crippen LogP contribution in [0.5, 0.6) is 5.75 Å². The number of hydrogen-bond acceptors (Lipinski definition) is 4. The van der Waals surface area contributed by atoms with Crippen LogP contribution in [0.3, 0.4) is 0 Å². The molecule has 0 spiro atoms. The van der Waals surface area contributed by atoms with Crippen molar-refractivity contribution in [3.63, 3.8) is 0 Å². The molecule has 1 aromatic heterocycles. The zero-order valence-electron chi connectivity index (χ0n) is 16.1. The lowest BCUT2D eigenvalue weighted by Gasteiger charge is -2.38. The Hall–Kier alpha value is -2.05. The van der Waals surface area contributed by atoms with Crippen LogP contribution in [0.25, 0.3) is 10.9 Å². The number of likely N-dealkylation sites (tertiary alicyclic amines) is 1. The number of aliphatic hydroxyl groups excluding tert-OH is 1. The van der Waals surface area contributed by atoms with Crippen LogP contribution in [0.2, 0.25) is 0 Å². The number of benzene rings is 1. The normalized spacial score (nSPS) is 20.8. The molecule has 1 aromatic carbocycles. The third-order valence-electron chi connectivity index (χ3n) is 5.26. The van der Waals surface area contributed by atoms with E-state index in [-0.39, 0.29) is 18.4 Å². The Kier molecular flexibility index (Phi) is 5.53. The molecule has 2 atom stereocenters. The van der Waals surface area contributed by atoms with E-state index in [4.69, 9.17) is 4.74 Å². The van der Waals surface area contributed by atoms with Gasteiger partial charge in [-0.15, -0.1) is 0 Å². The van der Waals surface area contributed by atoms with E-state index in [1.165, 1.54) is 0 Å². The van der Waals surface area contributed by atoms with Crippen molar-refractivity contribution in [3.05, 3.63) is 30.0 Å². The second-order valence-electron chi connectivity index (χ2n) is 7.64. The monoisotopic (exact) mass is 359 g/mol. The molecule has 6 nitrogen and oxygen atoms in total. The van der Waals surface area contributed by atoms with E-state index in [1.54, 1.807) is 7.11 Å². The molecule has 0 bridgehead atoms. The van der Waals surface area contributed by atoms with Gasteiger partial charge in [-0.25, -0.2) is 0 Å². The molecular formula is C20H29N3O3. The predicted molar refractivity (Wildman–Crippen MR) is 103 cm³/mol. The molecule has 1 N–H and O–H groups in total. The number of piperidine rings is 1. The number of nitrogens with zero attached hydrogens (tertiary/aromatic N) is 3. The molecule has 142 valence electrons. The van der Waals surface area contributed by atoms with E-state index >= 15 is 0 Å². The Morgan fingerprint density at radius 2 is 2.00 bits per heavy atom. The van der Waals surface area contributed by atoms with Crippen molar-refractivity contribution in [2.24, 2.45) is 18.9 Å². The summed E-state index contributed by atoms with van der Waals surface area (Å²) in [4.78, 5) is 17.3. The van der Waals surface area contributed by atoms with Gasteiger partial charge in [-0.05, 0) is 50.6 Å². The molecular weight excluding hydrogens is 330 g/mol. The molecule has 0 radical (unpaired) electrons. The second kappa shape index (κ2) is 7.68. The van der Waals surface area contributed by atoms with E-state index in [2.05, 4.69) is 4.90 Å². The zero-order valence-corrected chi connectivity index (χ0v) is 16.1. The average Bonchev–Trinajstić information content (AvgIpc) is 2.96. The largest absolute Gasteiger partial charge is 0.497 e. The molecule has 2 aromatic rings. The van der Waals surface area contributed by atoms with Crippen molar-refractivity contribution in [1.82, 2.24) is 14.4 Å². The van der Waals surface area contributed by atoms with Gasteiger partial charge in [0.15, 0.2) is 0 Å². The fourth-order valence-corrected chi connectivity index (χ4v) is 4.07. The maximum absolute atomic E-state index is 13.2. The summed E-state index contributed by atoms with van der Waals surface area (Å²) in [6, 6.07) is 7.78. The number of carbonyl (C=O) groups is 1. The van der Waals surface area contributed by atoms with Crippen molar-refractivity contribution < 1.29 is 14.6 Å². The quantitative estimate of drug-likeness (QED) is 0.885. The first-order valence-electron chi connectivity index (χ1n) is 9.11. The molecule has 6 heteroatoms. The first kappa shape index (κ1) is 18.7. The van der Waals surface area contributed by atoms with Crippen molar-refractivity contribution in [1.29, 1.82) is 0 Å². The minimum Gasteiger partial charge on any atom is -0.497 e. The fourth-order valence-electron chi connectivity index (χ4n) is 4.07. The van der Waals surface area contributed by atoms with E-state index in [1.807, 2.05) is 54.9 Å². The lowest BCUT2D eigenvalue weighted by Crippen LogP contribution is -2.47. The van der Waals surface area contributed by atoms with Crippen molar-refractivity contribution in [2.75, 3.05) is 47.4 Å². The Balaban J connectivity index is 1.87. The zero-order chi connectivity index (χ0) is 18.8. The molecule has 0 aliphatic carbocycles. The summed E-state index contributed by atoms with van der Waals surface area (Å²) in [5, 5.41) is 10.7. The maximum Gasteiger partial charge on any atom is 0.270 e. The number of rotatable bonds is 5. The summed E-state index contributed by atoms with van der Waals surface area (Å²) in [6.07, 6.45) is 0.963. The Bertz CT molecular complexity index is 784. The Labute approximate surface area is 154 Å². The van der Waals surface area contributed by atoms with Crippen LogP contribution < -0.4 is 4.74 Å². The number of carbonyl (C=O) groups excluding carboxylic acids is 1. The van der Waals surface area contributed by atoms with Crippen molar-refractivity contribution in [2.45, 2.75) is 6.42 Å². The van der Waals surface area contributed by atoms with Gasteiger partial charge in [-0.3, -0.25) is 4.79 Å². The van der Waals surface area contributed by atoms with Crippen molar-refractivity contribution >= 4 is 16.8 Å². The SMILES string of the molecule is COc1ccc2cc(C(=O)N3C[C@H](CO)C[C@@H](CN(C)C)C3)n(C)c2c1. The van der Waals surface area contributed by atoms with E-state index < -0.39 is 0 Å². The molecule has 3 rings (SSSR count). The molecule has 0 unspecified atom stereocenters. The highest BCUT2D eigenvalue weighted by atomic mass is 16.5. The average molecular weight is 359 g/mol. The van der Waals surface area contributed by atoms with Crippen LogP contribution in [0.1, 0.15) is 16.9 Å². The number of amides is 1. The molecule has 1 aliphatic rings. The number of aliphatic hydroxyl groups is 1. The van der Waals surface area contributed by atoms with Crippen LogP contribution in [0.4, 0.5) is 0 Å². The number of methoxy groups -OCH3 is 1. The summed E-state index contributed by atoms with van der Waals surface area (Å²) in [7, 11) is 7.65. The second-order valence-corrected chi connectivity index (χ2v) is 7.64. The van der Waals surface area contributed by atoms with Gasteiger partial charge in [0.25, 0.3) is 5.91 Å². The minimum atomic E-state index is 0.0320. The molecule has 1 saturated heterocycles. The van der Waals surface area contributed by atoms with Gasteiger partial charge >= 0.3 is 0 Å². The molecule has 1 aliphatic heterocycles. The standard InChI is InChI=1S/C20H29N3O3/c1-21(2)10-14-7-15(13-24)12-23(11-14)20(25)19-8-16-5-6-17(26-4)9-18(16)22(19)3/h5-6,8-9,14-15,24H,7,10-13H2,1-4H3/t14-,15+/m0/s1. The molecule has 2 heterocycles. The molecule has 0 saturated carbocycles. The van der Waals surface area contributed by atoms with Crippen LogP contribution in [0, 0.1) is 11.8 Å². The number of ether oxygens (including phenoxy) is 1. The highest BCUT2D eigenvalue weighted by Gasteiger charge is 2.31. The van der Waals surface area contributed by atoms with Gasteiger partial charge in [0.05, 0.1) is 12.6 Å². The van der Waals surface area contributed by atoms with Crippen LogP contribution in [0.15, 0.2) is 24.3 Å². The van der Waals surface area contributed by atoms with Gasteiger partial charge in [0.1, 0.15) is 11.4 Å². The topological polar surface area (TPSA) is 57.9 Å². The van der Waals surface area contributed by atoms with E-state index in [0.717, 1.165) is 36.2 Å². The number of fused-ring (bicyclic) bond motifs is 1. The number of aryl methyl sites for hydroxylation is 1. The van der Waals surface area contributed by atoms with Gasteiger partial charge in [0, 0.05) is 44.7 Å². The first-order valence-corrected chi connectivity index (χ1v) is 9.11. The van der Waals surface area contributed by atoms with E-state index in [9.17, 15) is 9.90 Å². The highest BCUT2D eigenvalue weighted by molar-refractivity contribution is 5.99. The smallest absolute Gasteiger partial charge is 0.270 e. The summed E-state index contributed by atoms with van der Waals surface area (Å²) in [5.41, 5.74) is 1.66. The highest BCUT2D eigenvalue weighted by Crippen LogP contribution is 2.27. The Morgan fingerprint density at radius 1 is 1.27 bits per heavy atom. The predicted octanol–water partition coefficient (Wildman–Crippen LogP) is 1.82. The minimum absolute atomic E-state index is 0.0320. The van der Waals surface area contributed by atoms with Crippen molar-refractivity contribution in [3.8, 4) is 5.75 Å². The first-order chi connectivity index (χ1) is 12.4. The van der Waals surface area contributed by atoms with Crippen LogP contribution in [-0.2, 0) is 7.05 Å². The summed E-state index contributed by atoms with van der Waals surface area (Å²) >= 11 is 0. The maximum atomic E-state index is 13.2. The number of aromatic nitrogens is 1. The van der Waals surface area contributed by atoms with E-state index in [0.29, 0.717) is 18.2 Å². The third kappa shape index (κ3) is 3.71. The summed E-state index contributed by atoms with van der Waals surface area (Å²) < 4.78 is 7.24. The summed E-state index contributed by atoms with van der Waals surface area (Å²) in [5.74, 6) is 1.34. The summed E-state index contributed by atoms with van der Waals surface area (Å²) in [6.45, 7) is 2.40.